The maximum atomic E-state index is 12.1. The van der Waals surface area contributed by atoms with E-state index in [1.165, 1.54) is 24.2 Å². The number of hydrogen-bond donors (Lipinski definition) is 1. The summed E-state index contributed by atoms with van der Waals surface area (Å²) in [6, 6.07) is 5.57. The largest absolute Gasteiger partial charge is 0.486 e. The topological polar surface area (TPSA) is 73.3 Å². The van der Waals surface area contributed by atoms with Crippen LogP contribution >= 0.6 is 11.3 Å². The van der Waals surface area contributed by atoms with Gasteiger partial charge in [0, 0.05) is 5.92 Å². The van der Waals surface area contributed by atoms with Crippen LogP contribution in [0.3, 0.4) is 0 Å². The second-order valence-electron chi connectivity index (χ2n) is 5.42. The highest BCUT2D eigenvalue weighted by atomic mass is 32.1. The van der Waals surface area contributed by atoms with Crippen LogP contribution in [0.25, 0.3) is 0 Å². The summed E-state index contributed by atoms with van der Waals surface area (Å²) in [4.78, 5) is 12.1. The van der Waals surface area contributed by atoms with Crippen molar-refractivity contribution in [2.45, 2.75) is 25.2 Å². The Kier molecular flexibility index (Phi) is 3.42. The van der Waals surface area contributed by atoms with E-state index in [2.05, 4.69) is 15.5 Å². The van der Waals surface area contributed by atoms with Gasteiger partial charge in [0.25, 0.3) is 0 Å². The van der Waals surface area contributed by atoms with Gasteiger partial charge in [-0.1, -0.05) is 17.4 Å². The molecule has 4 rings (SSSR count). The Hall–Kier alpha value is -2.15. The molecule has 114 valence electrons. The zero-order valence-corrected chi connectivity index (χ0v) is 12.7. The molecule has 1 fully saturated rings. The fourth-order valence-electron chi connectivity index (χ4n) is 2.33. The first-order valence-electron chi connectivity index (χ1n) is 7.30. The number of nitrogens with one attached hydrogen (secondary N) is 1. The molecule has 0 saturated heterocycles. The number of carbonyl (C=O) groups excluding carboxylic acids is 1. The standard InChI is InChI=1S/C15H15N3O3S/c19-13(16-15-18-17-14(22-15)10-2-3-10)8-9-1-4-11-12(7-9)21-6-5-20-11/h1,4,7,10H,2-3,5-6,8H2,(H,16,18,19). The summed E-state index contributed by atoms with van der Waals surface area (Å²) < 4.78 is 11.0. The molecule has 0 bridgehead atoms. The molecule has 0 radical (unpaired) electrons. The van der Waals surface area contributed by atoms with E-state index in [1.54, 1.807) is 0 Å². The molecule has 1 aliphatic carbocycles. The fourth-order valence-corrected chi connectivity index (χ4v) is 3.26. The third-order valence-corrected chi connectivity index (χ3v) is 4.59. The molecule has 6 nitrogen and oxygen atoms in total. The van der Waals surface area contributed by atoms with Gasteiger partial charge in [-0.3, -0.25) is 4.79 Å². The van der Waals surface area contributed by atoms with Crippen LogP contribution in [0, 0.1) is 0 Å². The van der Waals surface area contributed by atoms with Gasteiger partial charge >= 0.3 is 0 Å². The summed E-state index contributed by atoms with van der Waals surface area (Å²) in [6.07, 6.45) is 2.63. The van der Waals surface area contributed by atoms with Crippen molar-refractivity contribution in [2.24, 2.45) is 0 Å². The number of fused-ring (bicyclic) bond motifs is 1. The first kappa shape index (κ1) is 13.5. The fraction of sp³-hybridized carbons (Fsp3) is 0.400. The third kappa shape index (κ3) is 2.89. The van der Waals surface area contributed by atoms with E-state index in [0.29, 0.717) is 30.0 Å². The number of ether oxygens (including phenoxy) is 2. The molecule has 0 spiro atoms. The van der Waals surface area contributed by atoms with Crippen LogP contribution in [0.2, 0.25) is 0 Å². The molecular formula is C15H15N3O3S. The van der Waals surface area contributed by atoms with Crippen molar-refractivity contribution in [3.05, 3.63) is 28.8 Å². The van der Waals surface area contributed by atoms with Crippen molar-refractivity contribution in [2.75, 3.05) is 18.5 Å². The molecule has 1 N–H and O–H groups in total. The van der Waals surface area contributed by atoms with Gasteiger partial charge in [-0.05, 0) is 30.5 Å². The number of benzene rings is 1. The lowest BCUT2D eigenvalue weighted by molar-refractivity contribution is -0.115. The predicted octanol–water partition coefficient (Wildman–Crippen LogP) is 2.37. The molecule has 2 heterocycles. The second kappa shape index (κ2) is 5.57. The van der Waals surface area contributed by atoms with E-state index in [9.17, 15) is 4.79 Å². The molecule has 1 saturated carbocycles. The van der Waals surface area contributed by atoms with Gasteiger partial charge in [-0.15, -0.1) is 10.2 Å². The number of aromatic nitrogens is 2. The lowest BCUT2D eigenvalue weighted by atomic mass is 10.1. The first-order valence-corrected chi connectivity index (χ1v) is 8.11. The molecule has 1 aromatic carbocycles. The molecule has 0 unspecified atom stereocenters. The minimum absolute atomic E-state index is 0.102. The molecule has 1 aromatic heterocycles. The van der Waals surface area contributed by atoms with Gasteiger partial charge in [0.2, 0.25) is 11.0 Å². The Morgan fingerprint density at radius 2 is 2.05 bits per heavy atom. The molecule has 22 heavy (non-hydrogen) atoms. The van der Waals surface area contributed by atoms with Gasteiger partial charge in [-0.2, -0.15) is 0 Å². The zero-order valence-electron chi connectivity index (χ0n) is 11.9. The van der Waals surface area contributed by atoms with E-state index in [4.69, 9.17) is 9.47 Å². The molecule has 7 heteroatoms. The quantitative estimate of drug-likeness (QED) is 0.937. The van der Waals surface area contributed by atoms with Crippen LogP contribution in [0.15, 0.2) is 18.2 Å². The molecule has 1 amide bonds. The van der Waals surface area contributed by atoms with Crippen LogP contribution < -0.4 is 14.8 Å². The van der Waals surface area contributed by atoms with Crippen LogP contribution in [0.1, 0.15) is 29.3 Å². The van der Waals surface area contributed by atoms with Crippen molar-refractivity contribution >= 4 is 22.4 Å². The van der Waals surface area contributed by atoms with Gasteiger partial charge < -0.3 is 14.8 Å². The van der Waals surface area contributed by atoms with Crippen LogP contribution in [-0.2, 0) is 11.2 Å². The van der Waals surface area contributed by atoms with E-state index in [1.807, 2.05) is 18.2 Å². The SMILES string of the molecule is O=C(Cc1ccc2c(c1)OCCO2)Nc1nnc(C2CC2)s1. The van der Waals surface area contributed by atoms with E-state index < -0.39 is 0 Å². The second-order valence-corrected chi connectivity index (χ2v) is 6.43. The Labute approximate surface area is 131 Å². The number of nitrogens with zero attached hydrogens (tertiary/aromatic N) is 2. The van der Waals surface area contributed by atoms with E-state index >= 15 is 0 Å². The van der Waals surface area contributed by atoms with Crippen molar-refractivity contribution < 1.29 is 14.3 Å². The Bertz CT molecular complexity index is 712. The van der Waals surface area contributed by atoms with Crippen molar-refractivity contribution in [1.29, 1.82) is 0 Å². The number of anilines is 1. The molecule has 2 aromatic rings. The smallest absolute Gasteiger partial charge is 0.230 e. The molecule has 2 aliphatic rings. The lowest BCUT2D eigenvalue weighted by Gasteiger charge is -2.18. The Morgan fingerprint density at radius 1 is 1.23 bits per heavy atom. The number of carbonyl (C=O) groups is 1. The summed E-state index contributed by atoms with van der Waals surface area (Å²) in [6.45, 7) is 1.10. The lowest BCUT2D eigenvalue weighted by Crippen LogP contribution is -2.17. The average Bonchev–Trinajstić information content (AvgIpc) is 3.28. The van der Waals surface area contributed by atoms with Crippen molar-refractivity contribution in [3.8, 4) is 11.5 Å². The molecule has 1 aliphatic heterocycles. The highest BCUT2D eigenvalue weighted by Crippen LogP contribution is 2.42. The Balaban J connectivity index is 1.40. The van der Waals surface area contributed by atoms with Gasteiger partial charge in [0.15, 0.2) is 11.5 Å². The summed E-state index contributed by atoms with van der Waals surface area (Å²) in [5.74, 6) is 1.88. The predicted molar refractivity (Wildman–Crippen MR) is 81.6 cm³/mol. The van der Waals surface area contributed by atoms with E-state index in [0.717, 1.165) is 16.3 Å². The summed E-state index contributed by atoms with van der Waals surface area (Å²) in [5, 5.41) is 12.5. The monoisotopic (exact) mass is 317 g/mol. The minimum atomic E-state index is -0.102. The molecular weight excluding hydrogens is 302 g/mol. The van der Waals surface area contributed by atoms with Crippen molar-refractivity contribution in [3.63, 3.8) is 0 Å². The Morgan fingerprint density at radius 3 is 2.86 bits per heavy atom. The maximum absolute atomic E-state index is 12.1. The first-order chi connectivity index (χ1) is 10.8. The average molecular weight is 317 g/mol. The van der Waals surface area contributed by atoms with Crippen LogP contribution in [0.5, 0.6) is 11.5 Å². The summed E-state index contributed by atoms with van der Waals surface area (Å²) in [5.41, 5.74) is 0.883. The van der Waals surface area contributed by atoms with Crippen LogP contribution in [-0.4, -0.2) is 29.3 Å². The number of hydrogen-bond acceptors (Lipinski definition) is 6. The third-order valence-electron chi connectivity index (χ3n) is 3.58. The maximum Gasteiger partial charge on any atom is 0.230 e. The van der Waals surface area contributed by atoms with Crippen LogP contribution in [0.4, 0.5) is 5.13 Å². The minimum Gasteiger partial charge on any atom is -0.486 e. The van der Waals surface area contributed by atoms with Crippen molar-refractivity contribution in [1.82, 2.24) is 10.2 Å². The normalized spacial score (nSPS) is 16.4. The summed E-state index contributed by atoms with van der Waals surface area (Å²) in [7, 11) is 0. The summed E-state index contributed by atoms with van der Waals surface area (Å²) >= 11 is 1.47. The highest BCUT2D eigenvalue weighted by Gasteiger charge is 2.27. The van der Waals surface area contributed by atoms with E-state index in [-0.39, 0.29) is 12.3 Å². The molecule has 0 atom stereocenters. The highest BCUT2D eigenvalue weighted by molar-refractivity contribution is 7.15. The van der Waals surface area contributed by atoms with Gasteiger partial charge in [0.1, 0.15) is 18.2 Å². The zero-order chi connectivity index (χ0) is 14.9. The van der Waals surface area contributed by atoms with Gasteiger partial charge in [0.05, 0.1) is 6.42 Å². The van der Waals surface area contributed by atoms with Gasteiger partial charge in [-0.25, -0.2) is 0 Å². The number of rotatable bonds is 4. The number of amides is 1.